The van der Waals surface area contributed by atoms with Crippen LogP contribution in [0.4, 0.5) is 0 Å². The van der Waals surface area contributed by atoms with Gasteiger partial charge in [-0.1, -0.05) is 26.0 Å². The fraction of sp³-hybridized carbons (Fsp3) is 0.500. The number of hydrogen-bond donors (Lipinski definition) is 2. The van der Waals surface area contributed by atoms with Crippen molar-refractivity contribution in [3.05, 3.63) is 29.3 Å². The van der Waals surface area contributed by atoms with Crippen LogP contribution in [-0.4, -0.2) is 42.8 Å². The second-order valence-corrected chi connectivity index (χ2v) is 5.79. The van der Waals surface area contributed by atoms with Gasteiger partial charge in [0.15, 0.2) is 0 Å². The normalized spacial score (nSPS) is 11.3. The summed E-state index contributed by atoms with van der Waals surface area (Å²) in [5.74, 6) is -1.23. The first-order chi connectivity index (χ1) is 12.8. The number of nitrogens with one attached hydrogen (secondary N) is 1. The van der Waals surface area contributed by atoms with E-state index in [-0.39, 0.29) is 30.1 Å². The highest BCUT2D eigenvalue weighted by atomic mass is 16.7. The fourth-order valence-electron chi connectivity index (χ4n) is 2.29. The van der Waals surface area contributed by atoms with Crippen molar-refractivity contribution in [2.24, 2.45) is 0 Å². The van der Waals surface area contributed by atoms with Crippen molar-refractivity contribution in [1.82, 2.24) is 5.32 Å². The summed E-state index contributed by atoms with van der Waals surface area (Å²) >= 11 is 0. The molecule has 8 nitrogen and oxygen atoms in total. The minimum atomic E-state index is -1.22. The third-order valence-corrected chi connectivity index (χ3v) is 3.59. The van der Waals surface area contributed by atoms with E-state index in [9.17, 15) is 19.4 Å². The molecule has 1 atom stereocenters. The van der Waals surface area contributed by atoms with E-state index < -0.39 is 25.3 Å². The quantitative estimate of drug-likeness (QED) is 0.362. The van der Waals surface area contributed by atoms with Gasteiger partial charge in [-0.25, -0.2) is 4.79 Å². The third kappa shape index (κ3) is 7.70. The standard InChI is InChI=1S/C18H26BNO7/c1-5-14-8-7-9-15(18(23)26-13(4)25-12(3)21)17(14)27-19(24)10-11-20-16(22)6-2/h7-9,13,24H,5-6,10-11H2,1-4H3,(H,20,22). The van der Waals surface area contributed by atoms with Crippen molar-refractivity contribution >= 4 is 25.0 Å². The number of benzene rings is 1. The van der Waals surface area contributed by atoms with Crippen molar-refractivity contribution in [2.75, 3.05) is 6.54 Å². The predicted molar refractivity (Wildman–Crippen MR) is 99.2 cm³/mol. The molecule has 0 bridgehead atoms. The van der Waals surface area contributed by atoms with E-state index in [1.807, 2.05) is 6.92 Å². The maximum atomic E-state index is 12.4. The fourth-order valence-corrected chi connectivity index (χ4v) is 2.29. The molecule has 148 valence electrons. The van der Waals surface area contributed by atoms with Gasteiger partial charge in [-0.05, 0) is 18.1 Å². The van der Waals surface area contributed by atoms with E-state index >= 15 is 0 Å². The summed E-state index contributed by atoms with van der Waals surface area (Å²) in [4.78, 5) is 34.6. The highest BCUT2D eigenvalue weighted by Gasteiger charge is 2.24. The molecule has 1 amide bonds. The van der Waals surface area contributed by atoms with Crippen LogP contribution < -0.4 is 9.97 Å². The van der Waals surface area contributed by atoms with Crippen molar-refractivity contribution in [3.63, 3.8) is 0 Å². The molecule has 27 heavy (non-hydrogen) atoms. The highest BCUT2D eigenvalue weighted by Crippen LogP contribution is 2.26. The number of esters is 2. The van der Waals surface area contributed by atoms with Crippen molar-refractivity contribution in [1.29, 1.82) is 0 Å². The zero-order valence-corrected chi connectivity index (χ0v) is 16.1. The van der Waals surface area contributed by atoms with Gasteiger partial charge in [0.25, 0.3) is 0 Å². The second kappa shape index (κ2) is 11.2. The Hall–Kier alpha value is -2.55. The van der Waals surface area contributed by atoms with Gasteiger partial charge in [-0.2, -0.15) is 0 Å². The van der Waals surface area contributed by atoms with E-state index in [0.717, 1.165) is 0 Å². The molecule has 2 N–H and O–H groups in total. The zero-order valence-electron chi connectivity index (χ0n) is 16.1. The van der Waals surface area contributed by atoms with Crippen molar-refractivity contribution < 1.29 is 33.5 Å². The lowest BCUT2D eigenvalue weighted by molar-refractivity contribution is -0.162. The molecule has 0 aromatic heterocycles. The Bertz CT molecular complexity index is 665. The lowest BCUT2D eigenvalue weighted by Crippen LogP contribution is -2.31. The van der Waals surface area contributed by atoms with Crippen LogP contribution in [0.2, 0.25) is 6.32 Å². The van der Waals surface area contributed by atoms with E-state index in [2.05, 4.69) is 5.32 Å². The van der Waals surface area contributed by atoms with Gasteiger partial charge in [0, 0.05) is 33.1 Å². The molecular formula is C18H26BNO7. The summed E-state index contributed by atoms with van der Waals surface area (Å²) < 4.78 is 15.5. The number of carbonyl (C=O) groups excluding carboxylic acids is 3. The number of amides is 1. The van der Waals surface area contributed by atoms with Crippen molar-refractivity contribution in [2.45, 2.75) is 53.1 Å². The largest absolute Gasteiger partial charge is 0.535 e. The molecule has 0 aliphatic rings. The maximum absolute atomic E-state index is 12.4. The van der Waals surface area contributed by atoms with Gasteiger partial charge in [0.2, 0.25) is 12.2 Å². The van der Waals surface area contributed by atoms with Crippen LogP contribution in [0.5, 0.6) is 5.75 Å². The van der Waals surface area contributed by atoms with Crippen molar-refractivity contribution in [3.8, 4) is 5.75 Å². The van der Waals surface area contributed by atoms with Crippen LogP contribution >= 0.6 is 0 Å². The average molecular weight is 379 g/mol. The maximum Gasteiger partial charge on any atom is 0.524 e. The van der Waals surface area contributed by atoms with E-state index in [4.69, 9.17) is 14.1 Å². The molecule has 0 heterocycles. The molecule has 0 aliphatic heterocycles. The van der Waals surface area contributed by atoms with Crippen LogP contribution in [-0.2, 0) is 25.5 Å². The first kappa shape index (κ1) is 22.5. The minimum Gasteiger partial charge on any atom is -0.535 e. The minimum absolute atomic E-state index is 0.116. The summed E-state index contributed by atoms with van der Waals surface area (Å²) in [6.45, 7) is 6.49. The average Bonchev–Trinajstić information content (AvgIpc) is 2.60. The lowest BCUT2D eigenvalue weighted by Gasteiger charge is -2.18. The Morgan fingerprint density at radius 2 is 1.93 bits per heavy atom. The Labute approximate surface area is 159 Å². The highest BCUT2D eigenvalue weighted by molar-refractivity contribution is 6.44. The number of aryl methyl sites for hydroxylation is 1. The van der Waals surface area contributed by atoms with Crippen LogP contribution in [0.3, 0.4) is 0 Å². The summed E-state index contributed by atoms with van der Waals surface area (Å²) in [6, 6.07) is 4.95. The number of hydrogen-bond acceptors (Lipinski definition) is 7. The van der Waals surface area contributed by atoms with Gasteiger partial charge in [0.05, 0.1) is 0 Å². The number of carbonyl (C=O) groups is 3. The van der Waals surface area contributed by atoms with Gasteiger partial charge >= 0.3 is 19.1 Å². The van der Waals surface area contributed by atoms with Gasteiger partial charge in [-0.15, -0.1) is 0 Å². The third-order valence-electron chi connectivity index (χ3n) is 3.59. The predicted octanol–water partition coefficient (Wildman–Crippen LogP) is 1.70. The van der Waals surface area contributed by atoms with E-state index in [1.54, 1.807) is 19.1 Å². The Balaban J connectivity index is 2.86. The zero-order chi connectivity index (χ0) is 20.4. The van der Waals surface area contributed by atoms with E-state index in [1.165, 1.54) is 19.9 Å². The lowest BCUT2D eigenvalue weighted by atomic mass is 9.85. The topological polar surface area (TPSA) is 111 Å². The molecule has 0 saturated heterocycles. The van der Waals surface area contributed by atoms with Gasteiger partial charge in [0.1, 0.15) is 11.3 Å². The molecule has 0 radical (unpaired) electrons. The van der Waals surface area contributed by atoms with Crippen LogP contribution in [0.15, 0.2) is 18.2 Å². The Morgan fingerprint density at radius 3 is 2.52 bits per heavy atom. The molecule has 1 unspecified atom stereocenters. The van der Waals surface area contributed by atoms with Gasteiger partial charge in [-0.3, -0.25) is 9.59 Å². The Morgan fingerprint density at radius 1 is 1.22 bits per heavy atom. The summed E-state index contributed by atoms with van der Waals surface area (Å²) in [7, 11) is -1.22. The molecular weight excluding hydrogens is 353 g/mol. The molecule has 0 fully saturated rings. The molecule has 1 rings (SSSR count). The molecule has 9 heteroatoms. The first-order valence-corrected chi connectivity index (χ1v) is 8.89. The molecule has 0 spiro atoms. The number of para-hydroxylation sites is 1. The van der Waals surface area contributed by atoms with Crippen LogP contribution in [0.1, 0.15) is 50.0 Å². The smallest absolute Gasteiger partial charge is 0.524 e. The van der Waals surface area contributed by atoms with E-state index in [0.29, 0.717) is 18.4 Å². The summed E-state index contributed by atoms with van der Waals surface area (Å²) in [5, 5.41) is 12.8. The SMILES string of the molecule is CCC(=O)NCCB(O)Oc1c(CC)cccc1C(=O)OC(C)OC(C)=O. The Kier molecular flexibility index (Phi) is 9.35. The van der Waals surface area contributed by atoms with Gasteiger partial charge < -0.3 is 24.5 Å². The first-order valence-electron chi connectivity index (χ1n) is 8.89. The monoisotopic (exact) mass is 379 g/mol. The van der Waals surface area contributed by atoms with Crippen LogP contribution in [0.25, 0.3) is 0 Å². The summed E-state index contributed by atoms with van der Waals surface area (Å²) in [5.41, 5.74) is 0.825. The summed E-state index contributed by atoms with van der Waals surface area (Å²) in [6.07, 6.45) is 0.0195. The van der Waals surface area contributed by atoms with Crippen LogP contribution in [0, 0.1) is 0 Å². The second-order valence-electron chi connectivity index (χ2n) is 5.79. The molecule has 1 aromatic rings. The molecule has 0 saturated carbocycles. The number of rotatable bonds is 10. The number of ether oxygens (including phenoxy) is 2. The molecule has 0 aliphatic carbocycles. The molecule has 1 aromatic carbocycles.